The van der Waals surface area contributed by atoms with E-state index in [2.05, 4.69) is 10.5 Å². The molecular weight excluding hydrogens is 304 g/mol. The number of nitrogens with zero attached hydrogens (tertiary/aromatic N) is 1. The van der Waals surface area contributed by atoms with Gasteiger partial charge in [-0.3, -0.25) is 4.79 Å². The predicted octanol–water partition coefficient (Wildman–Crippen LogP) is 3.96. The number of thioether (sulfide) groups is 1. The molecule has 7 heteroatoms. The number of rotatable bonds is 5. The zero-order valence-electron chi connectivity index (χ0n) is 10.5. The van der Waals surface area contributed by atoms with E-state index in [4.69, 9.17) is 16.1 Å². The topological polar surface area (TPSA) is 55.1 Å². The number of halogens is 1. The first kappa shape index (κ1) is 14.4. The summed E-state index contributed by atoms with van der Waals surface area (Å²) in [5.74, 6) is 1.81. The molecule has 1 N–H and O–H groups in total. The lowest BCUT2D eigenvalue weighted by molar-refractivity contribution is -0.115. The summed E-state index contributed by atoms with van der Waals surface area (Å²) in [6.07, 6.45) is 0. The second kappa shape index (κ2) is 6.45. The standard InChI is InChI=1S/C12H13ClN2O2S2/c1-7-5-11(15-17-7)14-12(16)8(2)18-6-9-3-4-10(13)19-9/h3-5,8H,6H2,1-2H3,(H,14,15,16)/t8-/m0/s1. The molecule has 102 valence electrons. The number of thiophene rings is 1. The minimum atomic E-state index is -0.169. The van der Waals surface area contributed by atoms with E-state index >= 15 is 0 Å². The van der Waals surface area contributed by atoms with Crippen LogP contribution in [0.4, 0.5) is 5.82 Å². The zero-order valence-corrected chi connectivity index (χ0v) is 12.9. The summed E-state index contributed by atoms with van der Waals surface area (Å²) in [5.41, 5.74) is 0. The first-order valence-corrected chi connectivity index (χ1v) is 7.89. The van der Waals surface area contributed by atoms with Gasteiger partial charge in [-0.2, -0.15) is 0 Å². The van der Waals surface area contributed by atoms with Crippen LogP contribution in [0.3, 0.4) is 0 Å². The zero-order chi connectivity index (χ0) is 13.8. The first-order valence-electron chi connectivity index (χ1n) is 5.64. The minimum absolute atomic E-state index is 0.0825. The number of aromatic nitrogens is 1. The maximum atomic E-state index is 11.9. The molecule has 0 fully saturated rings. The fourth-order valence-electron chi connectivity index (χ4n) is 1.37. The van der Waals surface area contributed by atoms with Crippen molar-refractivity contribution >= 4 is 46.4 Å². The van der Waals surface area contributed by atoms with Crippen molar-refractivity contribution in [1.82, 2.24) is 5.16 Å². The van der Waals surface area contributed by atoms with Gasteiger partial charge in [0.25, 0.3) is 0 Å². The Morgan fingerprint density at radius 3 is 3.00 bits per heavy atom. The van der Waals surface area contributed by atoms with E-state index in [0.29, 0.717) is 11.6 Å². The number of hydrogen-bond acceptors (Lipinski definition) is 5. The van der Waals surface area contributed by atoms with Crippen molar-refractivity contribution in [2.24, 2.45) is 0 Å². The Balaban J connectivity index is 1.82. The van der Waals surface area contributed by atoms with E-state index in [1.54, 1.807) is 24.8 Å². The average Bonchev–Trinajstić information content (AvgIpc) is 2.95. The molecule has 0 aliphatic carbocycles. The molecule has 0 aliphatic heterocycles. The molecule has 2 aromatic rings. The summed E-state index contributed by atoms with van der Waals surface area (Å²) in [6.45, 7) is 3.64. The van der Waals surface area contributed by atoms with Crippen molar-refractivity contribution in [2.75, 3.05) is 5.32 Å². The lowest BCUT2D eigenvalue weighted by Gasteiger charge is -2.09. The van der Waals surface area contributed by atoms with Crippen molar-refractivity contribution in [3.05, 3.63) is 33.2 Å². The Kier molecular flexibility index (Phi) is 4.90. The van der Waals surface area contributed by atoms with Crippen LogP contribution >= 0.6 is 34.7 Å². The van der Waals surface area contributed by atoms with Gasteiger partial charge in [-0.05, 0) is 26.0 Å². The van der Waals surface area contributed by atoms with Crippen molar-refractivity contribution in [2.45, 2.75) is 24.9 Å². The Morgan fingerprint density at radius 1 is 1.63 bits per heavy atom. The highest BCUT2D eigenvalue weighted by molar-refractivity contribution is 7.99. The van der Waals surface area contributed by atoms with Crippen LogP contribution in [0, 0.1) is 6.92 Å². The van der Waals surface area contributed by atoms with Crippen molar-refractivity contribution < 1.29 is 9.32 Å². The number of anilines is 1. The molecule has 2 rings (SSSR count). The molecule has 0 aliphatic rings. The van der Waals surface area contributed by atoms with E-state index in [1.807, 2.05) is 19.1 Å². The molecule has 2 heterocycles. The smallest absolute Gasteiger partial charge is 0.238 e. The van der Waals surface area contributed by atoms with Crippen LogP contribution in [-0.2, 0) is 10.5 Å². The van der Waals surface area contributed by atoms with Crippen molar-refractivity contribution in [1.29, 1.82) is 0 Å². The largest absolute Gasteiger partial charge is 0.360 e. The van der Waals surface area contributed by atoms with Gasteiger partial charge >= 0.3 is 0 Å². The van der Waals surface area contributed by atoms with E-state index in [0.717, 1.165) is 15.0 Å². The SMILES string of the molecule is Cc1cc(NC(=O)[C@H](C)SCc2ccc(Cl)s2)no1. The Bertz CT molecular complexity index is 568. The van der Waals surface area contributed by atoms with Gasteiger partial charge in [0.15, 0.2) is 5.82 Å². The fraction of sp³-hybridized carbons (Fsp3) is 0.333. The molecule has 2 aromatic heterocycles. The van der Waals surface area contributed by atoms with Crippen LogP contribution in [0.2, 0.25) is 4.34 Å². The Morgan fingerprint density at radius 2 is 2.42 bits per heavy atom. The fourth-order valence-corrected chi connectivity index (χ4v) is 3.41. The second-order valence-corrected chi connectivity index (χ2v) is 7.10. The highest BCUT2D eigenvalue weighted by atomic mass is 35.5. The van der Waals surface area contributed by atoms with Gasteiger partial charge in [0.05, 0.1) is 9.59 Å². The van der Waals surface area contributed by atoms with Crippen LogP contribution in [0.1, 0.15) is 17.6 Å². The van der Waals surface area contributed by atoms with Gasteiger partial charge < -0.3 is 9.84 Å². The molecule has 0 bridgehead atoms. The van der Waals surface area contributed by atoms with Gasteiger partial charge in [-0.15, -0.1) is 23.1 Å². The molecule has 19 heavy (non-hydrogen) atoms. The maximum absolute atomic E-state index is 11.9. The molecule has 0 aromatic carbocycles. The van der Waals surface area contributed by atoms with E-state index in [-0.39, 0.29) is 11.2 Å². The monoisotopic (exact) mass is 316 g/mol. The van der Waals surface area contributed by atoms with Gasteiger partial charge in [-0.1, -0.05) is 16.8 Å². The average molecular weight is 317 g/mol. The number of amides is 1. The molecule has 0 spiro atoms. The molecule has 0 radical (unpaired) electrons. The van der Waals surface area contributed by atoms with Gasteiger partial charge in [0, 0.05) is 16.7 Å². The van der Waals surface area contributed by atoms with Gasteiger partial charge in [0.2, 0.25) is 5.91 Å². The summed E-state index contributed by atoms with van der Waals surface area (Å²) in [5, 5.41) is 6.28. The number of carbonyl (C=O) groups excluding carboxylic acids is 1. The summed E-state index contributed by atoms with van der Waals surface area (Å²) in [7, 11) is 0. The normalized spacial score (nSPS) is 12.4. The van der Waals surface area contributed by atoms with E-state index in [9.17, 15) is 4.79 Å². The molecular formula is C12H13ClN2O2S2. The third-order valence-corrected chi connectivity index (χ3v) is 4.96. The number of hydrogen-bond donors (Lipinski definition) is 1. The van der Waals surface area contributed by atoms with Crippen LogP contribution in [-0.4, -0.2) is 16.3 Å². The molecule has 1 atom stereocenters. The second-order valence-electron chi connectivity index (χ2n) is 3.97. The highest BCUT2D eigenvalue weighted by Gasteiger charge is 2.15. The Labute approximate surface area is 124 Å². The van der Waals surface area contributed by atoms with Gasteiger partial charge in [0.1, 0.15) is 5.76 Å². The van der Waals surface area contributed by atoms with Crippen LogP contribution < -0.4 is 5.32 Å². The summed E-state index contributed by atoms with van der Waals surface area (Å²) in [6, 6.07) is 5.53. The molecule has 0 unspecified atom stereocenters. The first-order chi connectivity index (χ1) is 9.04. The summed E-state index contributed by atoms with van der Waals surface area (Å²) in [4.78, 5) is 13.1. The third-order valence-electron chi connectivity index (χ3n) is 2.35. The van der Waals surface area contributed by atoms with Crippen molar-refractivity contribution in [3.8, 4) is 0 Å². The van der Waals surface area contributed by atoms with Gasteiger partial charge in [-0.25, -0.2) is 0 Å². The summed E-state index contributed by atoms with van der Waals surface area (Å²) < 4.78 is 5.66. The lowest BCUT2D eigenvalue weighted by Crippen LogP contribution is -2.22. The van der Waals surface area contributed by atoms with Crippen LogP contribution in [0.15, 0.2) is 22.7 Å². The number of nitrogens with one attached hydrogen (secondary N) is 1. The predicted molar refractivity (Wildman–Crippen MR) is 80.0 cm³/mol. The molecule has 4 nitrogen and oxygen atoms in total. The quantitative estimate of drug-likeness (QED) is 0.907. The molecule has 1 amide bonds. The van der Waals surface area contributed by atoms with E-state index < -0.39 is 0 Å². The van der Waals surface area contributed by atoms with E-state index in [1.165, 1.54) is 11.3 Å². The highest BCUT2D eigenvalue weighted by Crippen LogP contribution is 2.27. The van der Waals surface area contributed by atoms with Crippen molar-refractivity contribution in [3.63, 3.8) is 0 Å². The molecule has 0 saturated heterocycles. The van der Waals surface area contributed by atoms with Crippen LogP contribution in [0.5, 0.6) is 0 Å². The maximum Gasteiger partial charge on any atom is 0.238 e. The number of carbonyl (C=O) groups is 1. The van der Waals surface area contributed by atoms with Crippen LogP contribution in [0.25, 0.3) is 0 Å². The third kappa shape index (κ3) is 4.26. The summed E-state index contributed by atoms with van der Waals surface area (Å²) >= 11 is 8.95. The minimum Gasteiger partial charge on any atom is -0.360 e. The lowest BCUT2D eigenvalue weighted by atomic mass is 10.4. The number of aryl methyl sites for hydroxylation is 1. The molecule has 0 saturated carbocycles. The Hall–Kier alpha value is -0.980.